The first-order valence-corrected chi connectivity index (χ1v) is 3.41. The molecule has 1 aromatic rings. The molecular weight excluding hydrogens is 176 g/mol. The maximum absolute atomic E-state index is 10.4. The molecule has 68 valence electrons. The first-order chi connectivity index (χ1) is 6.20. The van der Waals surface area contributed by atoms with Crippen molar-refractivity contribution in [2.75, 3.05) is 6.61 Å². The zero-order valence-electron chi connectivity index (χ0n) is 6.54. The van der Waals surface area contributed by atoms with Gasteiger partial charge in [0, 0.05) is 0 Å². The minimum Gasteiger partial charge on any atom is -0.392 e. The first-order valence-electron chi connectivity index (χ1n) is 3.41. The van der Waals surface area contributed by atoms with Gasteiger partial charge in [-0.3, -0.25) is 0 Å². The second-order valence-corrected chi connectivity index (χ2v) is 2.18. The van der Waals surface area contributed by atoms with Crippen LogP contribution in [0.3, 0.4) is 0 Å². The summed E-state index contributed by atoms with van der Waals surface area (Å²) in [4.78, 5) is 13.3. The molecule has 0 aliphatic rings. The van der Waals surface area contributed by atoms with E-state index in [9.17, 15) is 10.1 Å². The van der Waals surface area contributed by atoms with E-state index < -0.39 is 4.92 Å². The molecular formula is C6H6N4O3. The third kappa shape index (κ3) is 1.62. The minimum atomic E-state index is -0.649. The Morgan fingerprint density at radius 2 is 2.54 bits per heavy atom. The number of aliphatic hydroxyl groups excluding tert-OH is 1. The highest BCUT2D eigenvalue weighted by molar-refractivity contribution is 5.25. The monoisotopic (exact) mass is 182 g/mol. The Morgan fingerprint density at radius 1 is 1.85 bits per heavy atom. The number of rotatable bonds is 3. The van der Waals surface area contributed by atoms with Crippen LogP contribution in [0.25, 0.3) is 0 Å². The van der Waals surface area contributed by atoms with E-state index in [1.807, 2.05) is 0 Å². The predicted molar refractivity (Wildman–Crippen MR) is 40.7 cm³/mol. The van der Waals surface area contributed by atoms with Crippen molar-refractivity contribution in [2.24, 2.45) is 0 Å². The van der Waals surface area contributed by atoms with Gasteiger partial charge in [-0.25, -0.2) is 0 Å². The van der Waals surface area contributed by atoms with Gasteiger partial charge in [-0.15, -0.1) is 0 Å². The Morgan fingerprint density at radius 3 is 3.00 bits per heavy atom. The molecule has 0 spiro atoms. The smallest absolute Gasteiger partial charge is 0.343 e. The summed E-state index contributed by atoms with van der Waals surface area (Å²) in [6.45, 7) is -0.273. The molecule has 0 aliphatic carbocycles. The summed E-state index contributed by atoms with van der Waals surface area (Å²) in [6.07, 6.45) is 0.994. The number of aliphatic hydroxyl groups is 1. The van der Waals surface area contributed by atoms with Crippen LogP contribution in [0.2, 0.25) is 0 Å². The van der Waals surface area contributed by atoms with E-state index in [0.717, 1.165) is 10.8 Å². The molecule has 0 amide bonds. The highest BCUT2D eigenvalue weighted by atomic mass is 16.6. The van der Waals surface area contributed by atoms with E-state index in [2.05, 4.69) is 4.98 Å². The number of imidazole rings is 1. The van der Waals surface area contributed by atoms with Crippen LogP contribution < -0.4 is 0 Å². The second kappa shape index (κ2) is 3.64. The zero-order chi connectivity index (χ0) is 9.84. The van der Waals surface area contributed by atoms with Crippen LogP contribution in [0.15, 0.2) is 6.20 Å². The predicted octanol–water partition coefficient (Wildman–Crippen LogP) is -0.345. The number of nitro groups is 1. The number of nitriles is 1. The molecule has 0 aliphatic heterocycles. The molecule has 0 fully saturated rings. The number of aromatic nitrogens is 2. The quantitative estimate of drug-likeness (QED) is 0.508. The van der Waals surface area contributed by atoms with E-state index in [4.69, 9.17) is 10.4 Å². The van der Waals surface area contributed by atoms with Crippen molar-refractivity contribution < 1.29 is 10.0 Å². The van der Waals surface area contributed by atoms with Crippen molar-refractivity contribution >= 4 is 5.82 Å². The fraction of sp³-hybridized carbons (Fsp3) is 0.333. The highest BCUT2D eigenvalue weighted by Crippen LogP contribution is 2.12. The fourth-order valence-electron chi connectivity index (χ4n) is 0.922. The molecule has 0 unspecified atom stereocenters. The van der Waals surface area contributed by atoms with Crippen molar-refractivity contribution in [1.82, 2.24) is 9.55 Å². The normalized spacial score (nSPS) is 9.54. The molecule has 1 rings (SSSR count). The molecule has 0 atom stereocenters. The molecule has 0 aromatic carbocycles. The Labute approximate surface area is 73.0 Å². The van der Waals surface area contributed by atoms with Crippen molar-refractivity contribution in [3.05, 3.63) is 22.1 Å². The van der Waals surface area contributed by atoms with Crippen LogP contribution in [0.1, 0.15) is 5.82 Å². The van der Waals surface area contributed by atoms with Gasteiger partial charge in [0.15, 0.2) is 6.07 Å². The largest absolute Gasteiger partial charge is 0.392 e. The van der Waals surface area contributed by atoms with Crippen LogP contribution >= 0.6 is 0 Å². The van der Waals surface area contributed by atoms with Crippen molar-refractivity contribution in [3.8, 4) is 6.07 Å². The van der Waals surface area contributed by atoms with Crippen LogP contribution in [0.5, 0.6) is 0 Å². The number of nitrogens with zero attached hydrogens (tertiary/aromatic N) is 4. The molecule has 0 radical (unpaired) electrons. The van der Waals surface area contributed by atoms with E-state index in [1.165, 1.54) is 0 Å². The molecule has 7 nitrogen and oxygen atoms in total. The van der Waals surface area contributed by atoms with E-state index >= 15 is 0 Å². The topological polar surface area (TPSA) is 105 Å². The lowest BCUT2D eigenvalue weighted by Crippen LogP contribution is -2.08. The summed E-state index contributed by atoms with van der Waals surface area (Å²) in [6, 6.07) is 1.69. The van der Waals surface area contributed by atoms with Gasteiger partial charge in [0.05, 0.1) is 6.61 Å². The molecule has 1 aromatic heterocycles. The summed E-state index contributed by atoms with van der Waals surface area (Å²) in [5, 5.41) is 27.5. The van der Waals surface area contributed by atoms with Gasteiger partial charge in [-0.05, 0) is 4.92 Å². The van der Waals surface area contributed by atoms with Crippen LogP contribution in [-0.2, 0) is 6.54 Å². The summed E-state index contributed by atoms with van der Waals surface area (Å²) in [5.74, 6) is -0.355. The van der Waals surface area contributed by atoms with Gasteiger partial charge in [0.1, 0.15) is 12.7 Å². The summed E-state index contributed by atoms with van der Waals surface area (Å²) in [7, 11) is 0. The van der Waals surface area contributed by atoms with Crippen molar-refractivity contribution in [3.63, 3.8) is 0 Å². The lowest BCUT2D eigenvalue weighted by Gasteiger charge is -1.97. The van der Waals surface area contributed by atoms with Gasteiger partial charge < -0.3 is 15.2 Å². The van der Waals surface area contributed by atoms with Crippen LogP contribution in [0.4, 0.5) is 5.82 Å². The Hall–Kier alpha value is -1.94. The van der Waals surface area contributed by atoms with Crippen LogP contribution in [-0.4, -0.2) is 26.2 Å². The summed E-state index contributed by atoms with van der Waals surface area (Å²) < 4.78 is 1.06. The lowest BCUT2D eigenvalue weighted by atomic mass is 10.6. The van der Waals surface area contributed by atoms with E-state index in [0.29, 0.717) is 0 Å². The molecule has 13 heavy (non-hydrogen) atoms. The third-order valence-corrected chi connectivity index (χ3v) is 1.45. The van der Waals surface area contributed by atoms with Gasteiger partial charge in [0.25, 0.3) is 0 Å². The maximum Gasteiger partial charge on any atom is 0.343 e. The van der Waals surface area contributed by atoms with Gasteiger partial charge >= 0.3 is 11.6 Å². The highest BCUT2D eigenvalue weighted by Gasteiger charge is 2.18. The van der Waals surface area contributed by atoms with Gasteiger partial charge in [0.2, 0.25) is 0 Å². The Balaban J connectivity index is 3.15. The number of hydrogen-bond donors (Lipinski definition) is 1. The molecule has 7 heteroatoms. The van der Waals surface area contributed by atoms with E-state index in [1.54, 1.807) is 6.07 Å². The Bertz CT molecular complexity index is 364. The molecule has 1 heterocycles. The van der Waals surface area contributed by atoms with Gasteiger partial charge in [-0.2, -0.15) is 14.8 Å². The van der Waals surface area contributed by atoms with Crippen LogP contribution in [0, 0.1) is 21.4 Å². The van der Waals surface area contributed by atoms with Crippen molar-refractivity contribution in [1.29, 1.82) is 5.26 Å². The standard InChI is InChI=1S/C6H6N4O3/c7-3-5-8-4-6(10(12)13)9(5)1-2-11/h4,11H,1-2H2. The minimum absolute atomic E-state index is 0.000787. The second-order valence-electron chi connectivity index (χ2n) is 2.18. The van der Waals surface area contributed by atoms with Crippen molar-refractivity contribution in [2.45, 2.75) is 6.54 Å². The molecule has 1 N–H and O–H groups in total. The Kier molecular flexibility index (Phi) is 2.56. The molecule has 0 bridgehead atoms. The first kappa shape index (κ1) is 9.15. The number of hydrogen-bond acceptors (Lipinski definition) is 5. The average molecular weight is 182 g/mol. The maximum atomic E-state index is 10.4. The summed E-state index contributed by atoms with van der Waals surface area (Å²) in [5.41, 5.74) is 0. The van der Waals surface area contributed by atoms with Gasteiger partial charge in [-0.1, -0.05) is 0 Å². The molecule has 0 saturated heterocycles. The average Bonchev–Trinajstić information content (AvgIpc) is 2.48. The SMILES string of the molecule is N#Cc1ncc([N+](=O)[O-])n1CCO. The molecule has 0 saturated carbocycles. The zero-order valence-corrected chi connectivity index (χ0v) is 6.54. The third-order valence-electron chi connectivity index (χ3n) is 1.45. The fourth-order valence-corrected chi connectivity index (χ4v) is 0.922. The summed E-state index contributed by atoms with van der Waals surface area (Å²) >= 11 is 0. The lowest BCUT2D eigenvalue weighted by molar-refractivity contribution is -0.392. The van der Waals surface area contributed by atoms with E-state index in [-0.39, 0.29) is 24.8 Å².